The Balaban J connectivity index is 1.59. The van der Waals surface area contributed by atoms with E-state index in [9.17, 15) is 13.6 Å². The van der Waals surface area contributed by atoms with Gasteiger partial charge in [-0.15, -0.1) is 0 Å². The molecule has 1 N–H and O–H groups in total. The molecule has 7 heteroatoms. The van der Waals surface area contributed by atoms with E-state index in [1.807, 2.05) is 6.07 Å². The average Bonchev–Trinajstić information content (AvgIpc) is 2.61. The second kappa shape index (κ2) is 7.38. The lowest BCUT2D eigenvalue weighted by molar-refractivity contribution is -0.131. The summed E-state index contributed by atoms with van der Waals surface area (Å²) in [4.78, 5) is 12.4. The van der Waals surface area contributed by atoms with Gasteiger partial charge in [0.1, 0.15) is 12.4 Å². The number of hydrogen-bond donors (Lipinski definition) is 1. The normalized spacial score (nSPS) is 17.0. The van der Waals surface area contributed by atoms with Gasteiger partial charge in [0.2, 0.25) is 6.10 Å². The topological polar surface area (TPSA) is 56.8 Å². The number of nitrogens with one attached hydrogen (secondary N) is 1. The highest BCUT2D eigenvalue weighted by atomic mass is 19.3. The van der Waals surface area contributed by atoms with Crippen molar-refractivity contribution in [1.82, 2.24) is 5.32 Å². The number of carbonyl (C=O) groups excluding carboxylic acids is 1. The maximum absolute atomic E-state index is 12.4. The van der Waals surface area contributed by atoms with E-state index >= 15 is 0 Å². The van der Waals surface area contributed by atoms with Crippen LogP contribution in [-0.2, 0) is 4.79 Å². The molecular weight excluding hydrogens is 332 g/mol. The Morgan fingerprint density at radius 2 is 1.84 bits per heavy atom. The summed E-state index contributed by atoms with van der Waals surface area (Å²) in [6.45, 7) is -0.954. The van der Waals surface area contributed by atoms with Crippen LogP contribution in [0, 0.1) is 0 Å². The number of rotatable bonds is 5. The van der Waals surface area contributed by atoms with Gasteiger partial charge < -0.3 is 19.5 Å². The van der Waals surface area contributed by atoms with Gasteiger partial charge in [0.25, 0.3) is 5.91 Å². The van der Waals surface area contributed by atoms with Gasteiger partial charge in [0.05, 0.1) is 6.04 Å². The first-order valence-corrected chi connectivity index (χ1v) is 7.76. The molecule has 132 valence electrons. The summed E-state index contributed by atoms with van der Waals surface area (Å²) < 4.78 is 39.8. The van der Waals surface area contributed by atoms with Gasteiger partial charge in [0, 0.05) is 0 Å². The molecule has 1 aliphatic heterocycles. The van der Waals surface area contributed by atoms with Gasteiger partial charge in [-0.2, -0.15) is 8.78 Å². The molecule has 0 saturated carbocycles. The SMILES string of the molecule is CC(NC(=O)C1COc2ccccc2O1)c1ccc(OC(F)F)cc1. The Kier molecular flexibility index (Phi) is 5.02. The Morgan fingerprint density at radius 3 is 2.52 bits per heavy atom. The summed E-state index contributed by atoms with van der Waals surface area (Å²) in [6, 6.07) is 12.9. The first-order valence-electron chi connectivity index (χ1n) is 7.76. The number of fused-ring (bicyclic) bond motifs is 1. The largest absolute Gasteiger partial charge is 0.485 e. The smallest absolute Gasteiger partial charge is 0.387 e. The molecular formula is C18H17F2NO4. The summed E-state index contributed by atoms with van der Waals surface area (Å²) in [5.41, 5.74) is 0.757. The van der Waals surface area contributed by atoms with E-state index in [-0.39, 0.29) is 24.3 Å². The maximum atomic E-state index is 12.4. The quantitative estimate of drug-likeness (QED) is 0.900. The number of ether oxygens (including phenoxy) is 3. The van der Waals surface area contributed by atoms with E-state index in [0.29, 0.717) is 11.5 Å². The number of amides is 1. The molecule has 2 aromatic carbocycles. The zero-order valence-electron chi connectivity index (χ0n) is 13.4. The minimum atomic E-state index is -2.87. The van der Waals surface area contributed by atoms with Crippen LogP contribution < -0.4 is 19.5 Å². The fraction of sp³-hybridized carbons (Fsp3) is 0.278. The first-order chi connectivity index (χ1) is 12.0. The minimum absolute atomic E-state index is 0.0675. The Bertz CT molecular complexity index is 736. The molecule has 1 aliphatic rings. The molecule has 0 aliphatic carbocycles. The third-order valence-corrected chi connectivity index (χ3v) is 3.77. The molecule has 1 heterocycles. The predicted octanol–water partition coefficient (Wildman–Crippen LogP) is 3.31. The lowest BCUT2D eigenvalue weighted by atomic mass is 10.1. The molecule has 0 fully saturated rings. The molecule has 3 rings (SSSR count). The van der Waals surface area contributed by atoms with E-state index in [1.165, 1.54) is 12.1 Å². The van der Waals surface area contributed by atoms with Crippen molar-refractivity contribution in [2.75, 3.05) is 6.61 Å². The van der Waals surface area contributed by atoms with Crippen LogP contribution in [0.2, 0.25) is 0 Å². The molecule has 1 amide bonds. The van der Waals surface area contributed by atoms with E-state index in [1.54, 1.807) is 37.3 Å². The van der Waals surface area contributed by atoms with Gasteiger partial charge in [-0.1, -0.05) is 24.3 Å². The molecule has 0 bridgehead atoms. The van der Waals surface area contributed by atoms with Crippen molar-refractivity contribution in [2.24, 2.45) is 0 Å². The third-order valence-electron chi connectivity index (χ3n) is 3.77. The zero-order valence-corrected chi connectivity index (χ0v) is 13.4. The van der Waals surface area contributed by atoms with Crippen molar-refractivity contribution in [3.8, 4) is 17.2 Å². The molecule has 0 saturated heterocycles. The van der Waals surface area contributed by atoms with Crippen LogP contribution >= 0.6 is 0 Å². The monoisotopic (exact) mass is 349 g/mol. The van der Waals surface area contributed by atoms with Crippen molar-refractivity contribution >= 4 is 5.91 Å². The summed E-state index contributed by atoms with van der Waals surface area (Å²) in [5.74, 6) is 0.886. The Morgan fingerprint density at radius 1 is 1.16 bits per heavy atom. The van der Waals surface area contributed by atoms with Crippen LogP contribution in [0.1, 0.15) is 18.5 Å². The van der Waals surface area contributed by atoms with Crippen molar-refractivity contribution in [3.63, 3.8) is 0 Å². The molecule has 2 unspecified atom stereocenters. The van der Waals surface area contributed by atoms with Crippen molar-refractivity contribution in [3.05, 3.63) is 54.1 Å². The molecule has 0 spiro atoms. The molecule has 2 aromatic rings. The number of benzene rings is 2. The van der Waals surface area contributed by atoms with Crippen molar-refractivity contribution in [1.29, 1.82) is 0 Å². The lowest BCUT2D eigenvalue weighted by Crippen LogP contribution is -2.44. The first kappa shape index (κ1) is 17.0. The predicted molar refractivity (Wildman–Crippen MR) is 86.0 cm³/mol. The van der Waals surface area contributed by atoms with Crippen LogP contribution in [0.15, 0.2) is 48.5 Å². The minimum Gasteiger partial charge on any atom is -0.485 e. The van der Waals surface area contributed by atoms with Gasteiger partial charge in [-0.25, -0.2) is 0 Å². The fourth-order valence-electron chi connectivity index (χ4n) is 2.48. The van der Waals surface area contributed by atoms with Crippen molar-refractivity contribution < 1.29 is 27.8 Å². The zero-order chi connectivity index (χ0) is 17.8. The highest BCUT2D eigenvalue weighted by Crippen LogP contribution is 2.31. The molecule has 0 aromatic heterocycles. The summed E-state index contributed by atoms with van der Waals surface area (Å²) in [5, 5.41) is 2.82. The summed E-state index contributed by atoms with van der Waals surface area (Å²) in [6.07, 6.45) is -0.751. The average molecular weight is 349 g/mol. The van der Waals surface area contributed by atoms with E-state index in [4.69, 9.17) is 9.47 Å². The lowest BCUT2D eigenvalue weighted by Gasteiger charge is -2.26. The number of alkyl halides is 2. The highest BCUT2D eigenvalue weighted by Gasteiger charge is 2.28. The van der Waals surface area contributed by atoms with E-state index in [0.717, 1.165) is 5.56 Å². The van der Waals surface area contributed by atoms with Crippen LogP contribution in [-0.4, -0.2) is 25.2 Å². The van der Waals surface area contributed by atoms with Crippen LogP contribution in [0.4, 0.5) is 8.78 Å². The molecule has 5 nitrogen and oxygen atoms in total. The number of para-hydroxylation sites is 2. The summed E-state index contributed by atoms with van der Waals surface area (Å²) >= 11 is 0. The van der Waals surface area contributed by atoms with Gasteiger partial charge in [0.15, 0.2) is 11.5 Å². The van der Waals surface area contributed by atoms with Crippen LogP contribution in [0.3, 0.4) is 0 Å². The standard InChI is InChI=1S/C18H17F2NO4/c1-11(12-6-8-13(9-7-12)24-18(19)20)21-17(22)16-10-23-14-4-2-3-5-15(14)25-16/h2-9,11,16,18H,10H2,1H3,(H,21,22). The molecule has 0 radical (unpaired) electrons. The third kappa shape index (κ3) is 4.17. The highest BCUT2D eigenvalue weighted by molar-refractivity contribution is 5.82. The second-order valence-corrected chi connectivity index (χ2v) is 5.54. The number of carbonyl (C=O) groups is 1. The van der Waals surface area contributed by atoms with E-state index in [2.05, 4.69) is 10.1 Å². The summed E-state index contributed by atoms with van der Waals surface area (Å²) in [7, 11) is 0. The Hall–Kier alpha value is -2.83. The molecule has 2 atom stereocenters. The Labute approximate surface area is 143 Å². The van der Waals surface area contributed by atoms with E-state index < -0.39 is 12.7 Å². The van der Waals surface area contributed by atoms with Crippen LogP contribution in [0.25, 0.3) is 0 Å². The van der Waals surface area contributed by atoms with Gasteiger partial charge >= 0.3 is 6.61 Å². The second-order valence-electron chi connectivity index (χ2n) is 5.54. The van der Waals surface area contributed by atoms with Crippen LogP contribution in [0.5, 0.6) is 17.2 Å². The molecule has 25 heavy (non-hydrogen) atoms. The maximum Gasteiger partial charge on any atom is 0.387 e. The van der Waals surface area contributed by atoms with Gasteiger partial charge in [-0.05, 0) is 36.8 Å². The van der Waals surface area contributed by atoms with Gasteiger partial charge in [-0.3, -0.25) is 4.79 Å². The number of halogens is 2. The fourth-order valence-corrected chi connectivity index (χ4v) is 2.48. The number of hydrogen-bond acceptors (Lipinski definition) is 4. The van der Waals surface area contributed by atoms with Crippen molar-refractivity contribution in [2.45, 2.75) is 25.7 Å².